The number of aromatic nitrogens is 2. The molecule has 1 aromatic carbocycles. The zero-order chi connectivity index (χ0) is 17.6. The Morgan fingerprint density at radius 3 is 2.58 bits per heavy atom. The molecule has 0 fully saturated rings. The SMILES string of the molecule is CC(C)(C)[NH2+]C[C@@H](O)COc1ccccc1-c1ccc(NN)nn1. The zero-order valence-electron chi connectivity index (χ0n) is 14.4. The second kappa shape index (κ2) is 8.05. The standard InChI is InChI=1S/C17H25N5O2/c1-17(2,3)19-10-12(23)11-24-15-7-5-4-6-13(15)14-8-9-16(20-18)22-21-14/h4-9,12,19,23H,10-11,18H2,1-3H3,(H,20,22)/p+1/t12-/m1/s1. The number of hydrogen-bond acceptors (Lipinski definition) is 6. The highest BCUT2D eigenvalue weighted by Gasteiger charge is 2.17. The summed E-state index contributed by atoms with van der Waals surface area (Å²) in [6.45, 7) is 7.12. The second-order valence-corrected chi connectivity index (χ2v) is 6.71. The molecule has 24 heavy (non-hydrogen) atoms. The van der Waals surface area contributed by atoms with Crippen molar-refractivity contribution in [3.8, 4) is 17.0 Å². The average molecular weight is 332 g/mol. The third-order valence-corrected chi connectivity index (χ3v) is 3.41. The second-order valence-electron chi connectivity index (χ2n) is 6.71. The number of nitrogens with zero attached hydrogens (tertiary/aromatic N) is 2. The first-order valence-corrected chi connectivity index (χ1v) is 7.94. The topological polar surface area (TPSA) is 110 Å². The van der Waals surface area contributed by atoms with E-state index in [1.54, 1.807) is 6.07 Å². The average Bonchev–Trinajstić information content (AvgIpc) is 2.58. The van der Waals surface area contributed by atoms with Gasteiger partial charge in [-0.3, -0.25) is 0 Å². The number of quaternary nitrogens is 1. The Morgan fingerprint density at radius 1 is 1.21 bits per heavy atom. The lowest BCUT2D eigenvalue weighted by molar-refractivity contribution is -0.722. The maximum absolute atomic E-state index is 10.1. The van der Waals surface area contributed by atoms with Crippen LogP contribution in [0.1, 0.15) is 20.8 Å². The largest absolute Gasteiger partial charge is 0.490 e. The van der Waals surface area contributed by atoms with Gasteiger partial charge < -0.3 is 20.6 Å². The molecular weight excluding hydrogens is 306 g/mol. The van der Waals surface area contributed by atoms with Gasteiger partial charge in [-0.15, -0.1) is 10.2 Å². The van der Waals surface area contributed by atoms with Crippen molar-refractivity contribution in [1.82, 2.24) is 10.2 Å². The van der Waals surface area contributed by atoms with Crippen LogP contribution in [-0.4, -0.2) is 40.1 Å². The lowest BCUT2D eigenvalue weighted by atomic mass is 10.1. The van der Waals surface area contributed by atoms with Crippen molar-refractivity contribution in [3.63, 3.8) is 0 Å². The molecule has 0 spiro atoms. The van der Waals surface area contributed by atoms with E-state index in [1.165, 1.54) is 0 Å². The summed E-state index contributed by atoms with van der Waals surface area (Å²) < 4.78 is 5.80. The van der Waals surface area contributed by atoms with Gasteiger partial charge in [0, 0.05) is 5.56 Å². The predicted octanol–water partition coefficient (Wildman–Crippen LogP) is 0.531. The Hall–Kier alpha value is -2.22. The number of para-hydroxylation sites is 1. The Labute approximate surface area is 142 Å². The van der Waals surface area contributed by atoms with Gasteiger partial charge in [-0.1, -0.05) is 12.1 Å². The molecule has 0 unspecified atom stereocenters. The third-order valence-electron chi connectivity index (χ3n) is 3.41. The van der Waals surface area contributed by atoms with Crippen LogP contribution in [0.2, 0.25) is 0 Å². The van der Waals surface area contributed by atoms with Crippen LogP contribution < -0.4 is 21.3 Å². The van der Waals surface area contributed by atoms with Crippen molar-refractivity contribution in [2.45, 2.75) is 32.4 Å². The van der Waals surface area contributed by atoms with E-state index in [0.29, 0.717) is 23.8 Å². The molecule has 0 aliphatic rings. The van der Waals surface area contributed by atoms with Crippen molar-refractivity contribution >= 4 is 5.82 Å². The summed E-state index contributed by atoms with van der Waals surface area (Å²) >= 11 is 0. The molecule has 1 aromatic heterocycles. The van der Waals surface area contributed by atoms with Crippen molar-refractivity contribution < 1.29 is 15.2 Å². The maximum Gasteiger partial charge on any atom is 0.162 e. The predicted molar refractivity (Wildman–Crippen MR) is 93.3 cm³/mol. The summed E-state index contributed by atoms with van der Waals surface area (Å²) in [7, 11) is 0. The van der Waals surface area contributed by atoms with Gasteiger partial charge in [0.25, 0.3) is 0 Å². The first kappa shape index (κ1) is 18.1. The quantitative estimate of drug-likeness (QED) is 0.435. The van der Waals surface area contributed by atoms with Crippen LogP contribution in [0.5, 0.6) is 5.75 Å². The van der Waals surface area contributed by atoms with E-state index in [0.717, 1.165) is 5.56 Å². The van der Waals surface area contributed by atoms with E-state index in [4.69, 9.17) is 10.6 Å². The molecule has 0 saturated carbocycles. The first-order chi connectivity index (χ1) is 11.4. The normalized spacial score (nSPS) is 12.7. The van der Waals surface area contributed by atoms with E-state index < -0.39 is 6.10 Å². The van der Waals surface area contributed by atoms with E-state index in [1.807, 2.05) is 30.3 Å². The minimum atomic E-state index is -0.549. The van der Waals surface area contributed by atoms with Crippen LogP contribution in [0.4, 0.5) is 5.82 Å². The van der Waals surface area contributed by atoms with Crippen molar-refractivity contribution in [2.75, 3.05) is 18.6 Å². The number of aliphatic hydroxyl groups is 1. The molecule has 6 N–H and O–H groups in total. The Balaban J connectivity index is 2.03. The van der Waals surface area contributed by atoms with E-state index in [-0.39, 0.29) is 12.1 Å². The van der Waals surface area contributed by atoms with Crippen molar-refractivity contribution in [2.24, 2.45) is 5.84 Å². The maximum atomic E-state index is 10.1. The van der Waals surface area contributed by atoms with Gasteiger partial charge in [-0.2, -0.15) is 0 Å². The van der Waals surface area contributed by atoms with Gasteiger partial charge in [-0.05, 0) is 45.0 Å². The van der Waals surface area contributed by atoms with Gasteiger partial charge in [0.1, 0.15) is 25.0 Å². The van der Waals surface area contributed by atoms with Crippen molar-refractivity contribution in [1.29, 1.82) is 0 Å². The summed E-state index contributed by atoms with van der Waals surface area (Å²) in [5.41, 5.74) is 4.02. The van der Waals surface area contributed by atoms with Crippen LogP contribution in [0, 0.1) is 0 Å². The van der Waals surface area contributed by atoms with E-state index >= 15 is 0 Å². The number of aliphatic hydroxyl groups excluding tert-OH is 1. The van der Waals surface area contributed by atoms with Gasteiger partial charge >= 0.3 is 0 Å². The molecular formula is C17H26N5O2+. The number of hydrazine groups is 1. The number of nitrogens with one attached hydrogen (secondary N) is 1. The summed E-state index contributed by atoms with van der Waals surface area (Å²) in [6.07, 6.45) is -0.549. The number of ether oxygens (including phenoxy) is 1. The molecule has 1 heterocycles. The molecule has 0 aliphatic carbocycles. The highest BCUT2D eigenvalue weighted by molar-refractivity contribution is 5.67. The molecule has 1 atom stereocenters. The Kier molecular flexibility index (Phi) is 6.08. The van der Waals surface area contributed by atoms with Crippen molar-refractivity contribution in [3.05, 3.63) is 36.4 Å². The van der Waals surface area contributed by atoms with Gasteiger partial charge in [0.15, 0.2) is 5.82 Å². The van der Waals surface area contributed by atoms with Crippen LogP contribution in [0.3, 0.4) is 0 Å². The number of rotatable bonds is 7. The van der Waals surface area contributed by atoms with Crippen LogP contribution in [0.25, 0.3) is 11.3 Å². The molecule has 7 heteroatoms. The highest BCUT2D eigenvalue weighted by atomic mass is 16.5. The Morgan fingerprint density at radius 2 is 1.96 bits per heavy atom. The van der Waals surface area contributed by atoms with Gasteiger partial charge in [-0.25, -0.2) is 5.84 Å². The summed E-state index contributed by atoms with van der Waals surface area (Å²) in [5, 5.41) is 20.3. The molecule has 0 saturated heterocycles. The molecule has 130 valence electrons. The monoisotopic (exact) mass is 332 g/mol. The van der Waals surface area contributed by atoms with Crippen LogP contribution >= 0.6 is 0 Å². The van der Waals surface area contributed by atoms with Gasteiger partial charge in [0.05, 0.1) is 11.2 Å². The van der Waals surface area contributed by atoms with Crippen LogP contribution in [-0.2, 0) is 0 Å². The Bertz CT molecular complexity index is 640. The lowest BCUT2D eigenvalue weighted by Gasteiger charge is -2.20. The van der Waals surface area contributed by atoms with E-state index in [9.17, 15) is 5.11 Å². The zero-order valence-corrected chi connectivity index (χ0v) is 14.4. The molecule has 0 radical (unpaired) electrons. The van der Waals surface area contributed by atoms with Crippen LogP contribution in [0.15, 0.2) is 36.4 Å². The first-order valence-electron chi connectivity index (χ1n) is 7.94. The third kappa shape index (κ3) is 5.45. The minimum Gasteiger partial charge on any atom is -0.490 e. The summed E-state index contributed by atoms with van der Waals surface area (Å²) in [6, 6.07) is 11.1. The summed E-state index contributed by atoms with van der Waals surface area (Å²) in [5.74, 6) is 6.45. The smallest absolute Gasteiger partial charge is 0.162 e. The molecule has 0 bridgehead atoms. The fraction of sp³-hybridized carbons (Fsp3) is 0.412. The minimum absolute atomic E-state index is 0.0766. The molecule has 0 amide bonds. The molecule has 7 nitrogen and oxygen atoms in total. The number of hydrogen-bond donors (Lipinski definition) is 4. The fourth-order valence-corrected chi connectivity index (χ4v) is 2.10. The number of anilines is 1. The molecule has 2 aromatic rings. The lowest BCUT2D eigenvalue weighted by Crippen LogP contribution is -2.96. The fourth-order valence-electron chi connectivity index (χ4n) is 2.10. The number of nitrogens with two attached hydrogens (primary N) is 2. The number of benzene rings is 1. The number of nitrogen functional groups attached to an aromatic ring is 1. The molecule has 2 rings (SSSR count). The van der Waals surface area contributed by atoms with E-state index in [2.05, 4.69) is 41.7 Å². The molecule has 0 aliphatic heterocycles. The highest BCUT2D eigenvalue weighted by Crippen LogP contribution is 2.28. The van der Waals surface area contributed by atoms with Gasteiger partial charge in [0.2, 0.25) is 0 Å². The summed E-state index contributed by atoms with van der Waals surface area (Å²) in [4.78, 5) is 0.